The molecule has 0 spiro atoms. The van der Waals surface area contributed by atoms with Gasteiger partial charge in [0, 0.05) is 4.91 Å². The van der Waals surface area contributed by atoms with Gasteiger partial charge in [0.2, 0.25) is 5.91 Å². The summed E-state index contributed by atoms with van der Waals surface area (Å²) in [5, 5.41) is 6.31. The molecule has 0 bridgehead atoms. The molecule has 2 aliphatic rings. The van der Waals surface area contributed by atoms with Gasteiger partial charge in [-0.05, 0) is 5.56 Å². The summed E-state index contributed by atoms with van der Waals surface area (Å²) in [5.41, 5.74) is 1.16. The molecular weight excluding hydrogens is 268 g/mol. The molecular formula is C13H13ClN2OS. The zero-order valence-electron chi connectivity index (χ0n) is 9.60. The van der Waals surface area contributed by atoms with Gasteiger partial charge in [-0.1, -0.05) is 36.4 Å². The fourth-order valence-corrected chi connectivity index (χ4v) is 3.73. The van der Waals surface area contributed by atoms with Gasteiger partial charge in [-0.25, -0.2) is 0 Å². The quantitative estimate of drug-likeness (QED) is 0.814. The van der Waals surface area contributed by atoms with E-state index in [0.717, 1.165) is 10.5 Å². The van der Waals surface area contributed by atoms with Crippen molar-refractivity contribution in [2.75, 3.05) is 5.88 Å². The predicted molar refractivity (Wildman–Crippen MR) is 75.1 cm³/mol. The van der Waals surface area contributed by atoms with Crippen molar-refractivity contribution in [3.63, 3.8) is 0 Å². The normalized spacial score (nSPS) is 30.6. The monoisotopic (exact) mass is 280 g/mol. The van der Waals surface area contributed by atoms with Crippen molar-refractivity contribution in [2.24, 2.45) is 5.92 Å². The minimum absolute atomic E-state index is 0.0582. The number of carbonyl (C=O) groups excluding carboxylic acids is 1. The highest BCUT2D eigenvalue weighted by atomic mass is 35.5. The average Bonchev–Trinajstić information content (AvgIpc) is 2.84. The third-order valence-corrected chi connectivity index (χ3v) is 4.73. The van der Waals surface area contributed by atoms with Crippen LogP contribution >= 0.6 is 23.4 Å². The molecule has 1 aromatic rings. The number of nitrogens with one attached hydrogen (secondary N) is 2. The van der Waals surface area contributed by atoms with E-state index in [1.54, 1.807) is 11.8 Å². The van der Waals surface area contributed by atoms with Crippen LogP contribution in [0.5, 0.6) is 0 Å². The van der Waals surface area contributed by atoms with Gasteiger partial charge in [0.15, 0.2) is 0 Å². The Kier molecular flexibility index (Phi) is 3.33. The molecule has 0 radical (unpaired) electrons. The molecule has 2 N–H and O–H groups in total. The fourth-order valence-electron chi connectivity index (χ4n) is 2.21. The first-order chi connectivity index (χ1) is 8.78. The summed E-state index contributed by atoms with van der Waals surface area (Å²) in [6.45, 7) is 0. The number of hydrogen-bond acceptors (Lipinski definition) is 3. The summed E-state index contributed by atoms with van der Waals surface area (Å²) >= 11 is 7.49. The van der Waals surface area contributed by atoms with E-state index in [9.17, 15) is 4.79 Å². The Balaban J connectivity index is 1.83. The highest BCUT2D eigenvalue weighted by Gasteiger charge is 2.39. The summed E-state index contributed by atoms with van der Waals surface area (Å²) in [6.07, 6.45) is 1.91. The molecule has 2 aliphatic heterocycles. The van der Waals surface area contributed by atoms with Gasteiger partial charge in [0.25, 0.3) is 0 Å². The molecule has 3 unspecified atom stereocenters. The van der Waals surface area contributed by atoms with Crippen molar-refractivity contribution in [3.8, 4) is 0 Å². The third kappa shape index (κ3) is 2.16. The van der Waals surface area contributed by atoms with Crippen LogP contribution in [0.25, 0.3) is 4.91 Å². The minimum atomic E-state index is -0.128. The summed E-state index contributed by atoms with van der Waals surface area (Å²) in [7, 11) is 0. The summed E-state index contributed by atoms with van der Waals surface area (Å²) < 4.78 is 0. The van der Waals surface area contributed by atoms with Crippen LogP contribution in [0.3, 0.4) is 0 Å². The Morgan fingerprint density at radius 2 is 2.06 bits per heavy atom. The van der Waals surface area contributed by atoms with Crippen LogP contribution in [0.15, 0.2) is 36.4 Å². The molecule has 18 heavy (non-hydrogen) atoms. The molecule has 3 atom stereocenters. The van der Waals surface area contributed by atoms with Crippen molar-refractivity contribution in [2.45, 2.75) is 11.5 Å². The summed E-state index contributed by atoms with van der Waals surface area (Å²) in [5.74, 6) is 0.337. The first-order valence-electron chi connectivity index (χ1n) is 5.84. The van der Waals surface area contributed by atoms with Crippen molar-refractivity contribution in [1.29, 1.82) is 0 Å². The Morgan fingerprint density at radius 3 is 2.78 bits per heavy atom. The van der Waals surface area contributed by atoms with Gasteiger partial charge >= 0.3 is 0 Å². The SMILES string of the molecule is O=C1NC(CCl)NC2SC(c3ccccc3)=CC12. The maximum atomic E-state index is 12.0. The first kappa shape index (κ1) is 12.1. The maximum absolute atomic E-state index is 12.0. The molecule has 1 fully saturated rings. The van der Waals surface area contributed by atoms with E-state index >= 15 is 0 Å². The smallest absolute Gasteiger partial charge is 0.230 e. The molecule has 1 aromatic carbocycles. The lowest BCUT2D eigenvalue weighted by atomic mass is 10.0. The second-order valence-electron chi connectivity index (χ2n) is 4.34. The van der Waals surface area contributed by atoms with Crippen LogP contribution in [-0.2, 0) is 4.79 Å². The topological polar surface area (TPSA) is 41.1 Å². The number of thioether (sulfide) groups is 1. The number of carbonyl (C=O) groups is 1. The lowest BCUT2D eigenvalue weighted by Crippen LogP contribution is -2.59. The van der Waals surface area contributed by atoms with Crippen LogP contribution in [-0.4, -0.2) is 23.3 Å². The molecule has 5 heteroatoms. The van der Waals surface area contributed by atoms with Crippen LogP contribution in [0, 0.1) is 5.92 Å². The average molecular weight is 281 g/mol. The Bertz CT molecular complexity index is 491. The van der Waals surface area contributed by atoms with Gasteiger partial charge in [0.1, 0.15) is 0 Å². The lowest BCUT2D eigenvalue weighted by molar-refractivity contribution is -0.126. The molecule has 1 amide bonds. The van der Waals surface area contributed by atoms with E-state index in [2.05, 4.69) is 22.8 Å². The number of alkyl halides is 1. The van der Waals surface area contributed by atoms with Crippen LogP contribution in [0.4, 0.5) is 0 Å². The second kappa shape index (κ2) is 4.96. The molecule has 3 nitrogen and oxygen atoms in total. The number of rotatable bonds is 2. The number of benzene rings is 1. The zero-order valence-corrected chi connectivity index (χ0v) is 11.2. The van der Waals surface area contributed by atoms with Gasteiger partial charge in [-0.15, -0.1) is 23.4 Å². The minimum Gasteiger partial charge on any atom is -0.339 e. The van der Waals surface area contributed by atoms with E-state index in [1.807, 2.05) is 24.3 Å². The van der Waals surface area contributed by atoms with Crippen LogP contribution in [0.2, 0.25) is 0 Å². The molecule has 3 rings (SSSR count). The highest BCUT2D eigenvalue weighted by Crippen LogP contribution is 2.42. The lowest BCUT2D eigenvalue weighted by Gasteiger charge is -2.31. The van der Waals surface area contributed by atoms with E-state index < -0.39 is 0 Å². The van der Waals surface area contributed by atoms with Gasteiger partial charge in [-0.3, -0.25) is 10.1 Å². The standard InChI is InChI=1S/C13H13ClN2OS/c14-7-11-15-12(17)9-6-10(18-13(9)16-11)8-4-2-1-3-5-8/h1-6,9,11,13,16H,7H2,(H,15,17). The van der Waals surface area contributed by atoms with Gasteiger partial charge in [-0.2, -0.15) is 0 Å². The van der Waals surface area contributed by atoms with Crippen molar-refractivity contribution >= 4 is 34.2 Å². The Morgan fingerprint density at radius 1 is 1.28 bits per heavy atom. The Hall–Kier alpha value is -0.970. The summed E-state index contributed by atoms with van der Waals surface area (Å²) in [4.78, 5) is 13.1. The number of fused-ring (bicyclic) bond motifs is 1. The number of hydrogen-bond donors (Lipinski definition) is 2. The second-order valence-corrected chi connectivity index (χ2v) is 5.84. The first-order valence-corrected chi connectivity index (χ1v) is 7.25. The molecule has 0 aliphatic carbocycles. The van der Waals surface area contributed by atoms with Crippen LogP contribution in [0.1, 0.15) is 5.56 Å². The number of amides is 1. The molecule has 94 valence electrons. The molecule has 0 saturated carbocycles. The Labute approximate surface area is 115 Å². The van der Waals surface area contributed by atoms with Crippen molar-refractivity contribution in [3.05, 3.63) is 42.0 Å². The van der Waals surface area contributed by atoms with Crippen LogP contribution < -0.4 is 10.6 Å². The molecule has 2 heterocycles. The van der Waals surface area contributed by atoms with Crippen molar-refractivity contribution in [1.82, 2.24) is 10.6 Å². The third-order valence-electron chi connectivity index (χ3n) is 3.11. The van der Waals surface area contributed by atoms with E-state index in [4.69, 9.17) is 11.6 Å². The highest BCUT2D eigenvalue weighted by molar-refractivity contribution is 8.09. The maximum Gasteiger partial charge on any atom is 0.230 e. The van der Waals surface area contributed by atoms with E-state index in [1.165, 1.54) is 0 Å². The zero-order chi connectivity index (χ0) is 12.5. The van der Waals surface area contributed by atoms with E-state index in [-0.39, 0.29) is 23.4 Å². The fraction of sp³-hybridized carbons (Fsp3) is 0.308. The van der Waals surface area contributed by atoms with Gasteiger partial charge < -0.3 is 5.32 Å². The predicted octanol–water partition coefficient (Wildman–Crippen LogP) is 2.00. The largest absolute Gasteiger partial charge is 0.339 e. The van der Waals surface area contributed by atoms with Crippen molar-refractivity contribution < 1.29 is 4.79 Å². The molecule has 1 saturated heterocycles. The summed E-state index contributed by atoms with van der Waals surface area (Å²) in [6, 6.07) is 10.1. The molecule has 0 aromatic heterocycles. The number of halogens is 1. The van der Waals surface area contributed by atoms with Gasteiger partial charge in [0.05, 0.1) is 23.3 Å². The van der Waals surface area contributed by atoms with E-state index in [0.29, 0.717) is 5.88 Å².